The highest BCUT2D eigenvalue weighted by molar-refractivity contribution is 5.99. The van der Waals surface area contributed by atoms with Crippen LogP contribution in [0.3, 0.4) is 0 Å². The number of Topliss-reactive ketones (excluding diaryl/α,β-unsaturated/α-hetero) is 1. The van der Waals surface area contributed by atoms with Crippen molar-refractivity contribution in [1.82, 2.24) is 0 Å². The van der Waals surface area contributed by atoms with Crippen LogP contribution in [-0.2, 0) is 9.53 Å². The maximum atomic E-state index is 12.2. The van der Waals surface area contributed by atoms with Crippen LogP contribution in [0.25, 0.3) is 6.08 Å². The Kier molecular flexibility index (Phi) is 6.95. The molecule has 7 nitrogen and oxygen atoms in total. The average Bonchev–Trinajstić information content (AvgIpc) is 3.22. The van der Waals surface area contributed by atoms with Crippen molar-refractivity contribution in [2.24, 2.45) is 5.92 Å². The van der Waals surface area contributed by atoms with E-state index >= 15 is 0 Å². The molecule has 0 bridgehead atoms. The number of ketones is 1. The molecule has 1 aliphatic heterocycles. The molecule has 0 N–H and O–H groups in total. The lowest BCUT2D eigenvalue weighted by Crippen LogP contribution is -2.12. The minimum absolute atomic E-state index is 0.127. The fourth-order valence-electron chi connectivity index (χ4n) is 2.67. The summed E-state index contributed by atoms with van der Waals surface area (Å²) in [5, 5.41) is 0. The zero-order valence-corrected chi connectivity index (χ0v) is 17.2. The van der Waals surface area contributed by atoms with E-state index in [1.807, 2.05) is 0 Å². The molecular formula is C23H24O7. The minimum Gasteiger partial charge on any atom is -0.493 e. The number of ether oxygens (including phenoxy) is 5. The third-order valence-electron chi connectivity index (χ3n) is 4.21. The lowest BCUT2D eigenvalue weighted by molar-refractivity contribution is -0.136. The number of carbonyl (C=O) groups excluding carboxylic acids is 2. The zero-order valence-electron chi connectivity index (χ0n) is 17.2. The molecule has 0 unspecified atom stereocenters. The molecule has 2 aromatic rings. The first-order chi connectivity index (χ1) is 14.5. The summed E-state index contributed by atoms with van der Waals surface area (Å²) < 4.78 is 26.5. The van der Waals surface area contributed by atoms with Gasteiger partial charge in [0.1, 0.15) is 0 Å². The summed E-state index contributed by atoms with van der Waals surface area (Å²) in [5.41, 5.74) is 1.13. The lowest BCUT2D eigenvalue weighted by atomic mass is 10.1. The Balaban J connectivity index is 1.54. The summed E-state index contributed by atoms with van der Waals surface area (Å²) in [6.45, 7) is 4.46. The summed E-state index contributed by atoms with van der Waals surface area (Å²) >= 11 is 0. The van der Waals surface area contributed by atoms with E-state index in [0.29, 0.717) is 41.1 Å². The van der Waals surface area contributed by atoms with E-state index in [2.05, 4.69) is 13.8 Å². The first-order valence-corrected chi connectivity index (χ1v) is 9.55. The van der Waals surface area contributed by atoms with Crippen molar-refractivity contribution < 1.29 is 33.3 Å². The smallest absolute Gasteiger partial charge is 0.331 e. The Hall–Kier alpha value is -3.48. The van der Waals surface area contributed by atoms with Gasteiger partial charge in [0.2, 0.25) is 6.79 Å². The van der Waals surface area contributed by atoms with E-state index in [1.165, 1.54) is 6.08 Å². The van der Waals surface area contributed by atoms with E-state index in [4.69, 9.17) is 23.7 Å². The molecule has 0 radical (unpaired) electrons. The monoisotopic (exact) mass is 412 g/mol. The van der Waals surface area contributed by atoms with Gasteiger partial charge in [-0.1, -0.05) is 19.9 Å². The van der Waals surface area contributed by atoms with Gasteiger partial charge >= 0.3 is 5.97 Å². The van der Waals surface area contributed by atoms with E-state index in [1.54, 1.807) is 49.6 Å². The van der Waals surface area contributed by atoms with Gasteiger partial charge in [0, 0.05) is 11.6 Å². The molecule has 0 fully saturated rings. The highest BCUT2D eigenvalue weighted by atomic mass is 16.7. The fraction of sp³-hybridized carbons (Fsp3) is 0.304. The predicted octanol–water partition coefficient (Wildman–Crippen LogP) is 3.90. The number of carbonyl (C=O) groups is 2. The molecule has 0 saturated carbocycles. The number of fused-ring (bicyclic) bond motifs is 1. The zero-order chi connectivity index (χ0) is 21.5. The summed E-state index contributed by atoms with van der Waals surface area (Å²) in [6, 6.07) is 10.2. The van der Waals surface area contributed by atoms with Crippen molar-refractivity contribution in [3.05, 3.63) is 53.6 Å². The largest absolute Gasteiger partial charge is 0.493 e. The number of rotatable bonds is 9. The molecule has 30 heavy (non-hydrogen) atoms. The first kappa shape index (κ1) is 21.2. The minimum atomic E-state index is -0.622. The standard InChI is InChI=1S/C23H24O7/c1-15(2)12-27-19-7-4-16(10-21(19)26-3)5-9-23(25)28-13-18(24)17-6-8-20-22(11-17)30-14-29-20/h4-11,15H,12-14H2,1-3H3/b9-5+. The van der Waals surface area contributed by atoms with E-state index < -0.39 is 5.97 Å². The quantitative estimate of drug-likeness (QED) is 0.351. The molecule has 0 saturated heterocycles. The fourth-order valence-corrected chi connectivity index (χ4v) is 2.67. The van der Waals surface area contributed by atoms with Crippen LogP contribution in [0, 0.1) is 5.92 Å². The van der Waals surface area contributed by atoms with Gasteiger partial charge in [0.25, 0.3) is 0 Å². The van der Waals surface area contributed by atoms with Crippen LogP contribution in [0.5, 0.6) is 23.0 Å². The van der Waals surface area contributed by atoms with Gasteiger partial charge in [-0.25, -0.2) is 4.79 Å². The molecule has 7 heteroatoms. The van der Waals surface area contributed by atoms with Crippen LogP contribution < -0.4 is 18.9 Å². The second kappa shape index (κ2) is 9.82. The van der Waals surface area contributed by atoms with Crippen LogP contribution in [0.2, 0.25) is 0 Å². The van der Waals surface area contributed by atoms with Crippen LogP contribution in [0.4, 0.5) is 0 Å². The van der Waals surface area contributed by atoms with Gasteiger partial charge in [-0.05, 0) is 47.9 Å². The third kappa shape index (κ3) is 5.53. The molecule has 0 aromatic heterocycles. The van der Waals surface area contributed by atoms with Gasteiger partial charge < -0.3 is 23.7 Å². The Labute approximate surface area is 175 Å². The van der Waals surface area contributed by atoms with Gasteiger partial charge in [0.15, 0.2) is 35.4 Å². The molecule has 2 aromatic carbocycles. The topological polar surface area (TPSA) is 80.3 Å². The molecular weight excluding hydrogens is 388 g/mol. The van der Waals surface area contributed by atoms with E-state index in [-0.39, 0.29) is 19.2 Å². The number of benzene rings is 2. The first-order valence-electron chi connectivity index (χ1n) is 9.55. The number of esters is 1. The van der Waals surface area contributed by atoms with Crippen molar-refractivity contribution in [3.63, 3.8) is 0 Å². The maximum Gasteiger partial charge on any atom is 0.331 e. The van der Waals surface area contributed by atoms with Crippen molar-refractivity contribution in [1.29, 1.82) is 0 Å². The van der Waals surface area contributed by atoms with Crippen LogP contribution in [0.1, 0.15) is 29.8 Å². The number of methoxy groups -OCH3 is 1. The highest BCUT2D eigenvalue weighted by Gasteiger charge is 2.17. The third-order valence-corrected chi connectivity index (χ3v) is 4.21. The van der Waals surface area contributed by atoms with Gasteiger partial charge in [-0.3, -0.25) is 4.79 Å². The Morgan fingerprint density at radius 1 is 1.07 bits per heavy atom. The Morgan fingerprint density at radius 2 is 1.87 bits per heavy atom. The summed E-state index contributed by atoms with van der Waals surface area (Å²) in [5.74, 6) is 1.74. The normalized spacial score (nSPS) is 12.3. The summed E-state index contributed by atoms with van der Waals surface area (Å²) in [6.07, 6.45) is 2.85. The summed E-state index contributed by atoms with van der Waals surface area (Å²) in [4.78, 5) is 24.2. The maximum absolute atomic E-state index is 12.2. The SMILES string of the molecule is COc1cc(/C=C/C(=O)OCC(=O)c2ccc3c(c2)OCO3)ccc1OCC(C)C. The van der Waals surface area contributed by atoms with Crippen molar-refractivity contribution >= 4 is 17.8 Å². The Bertz CT molecular complexity index is 947. The molecule has 0 atom stereocenters. The second-order valence-electron chi connectivity index (χ2n) is 7.05. The van der Waals surface area contributed by atoms with E-state index in [0.717, 1.165) is 5.56 Å². The van der Waals surface area contributed by atoms with Crippen LogP contribution in [0.15, 0.2) is 42.5 Å². The molecule has 0 aliphatic carbocycles. The molecule has 1 heterocycles. The molecule has 0 amide bonds. The van der Waals surface area contributed by atoms with Crippen LogP contribution in [-0.4, -0.2) is 38.9 Å². The van der Waals surface area contributed by atoms with Crippen molar-refractivity contribution in [2.75, 3.05) is 27.1 Å². The van der Waals surface area contributed by atoms with Gasteiger partial charge in [-0.15, -0.1) is 0 Å². The molecule has 0 spiro atoms. The van der Waals surface area contributed by atoms with Crippen LogP contribution >= 0.6 is 0 Å². The molecule has 1 aliphatic rings. The van der Waals surface area contributed by atoms with Crippen molar-refractivity contribution in [2.45, 2.75) is 13.8 Å². The average molecular weight is 412 g/mol. The van der Waals surface area contributed by atoms with Gasteiger partial charge in [0.05, 0.1) is 13.7 Å². The number of hydrogen-bond donors (Lipinski definition) is 0. The Morgan fingerprint density at radius 3 is 2.63 bits per heavy atom. The molecule has 158 valence electrons. The highest BCUT2D eigenvalue weighted by Crippen LogP contribution is 2.32. The lowest BCUT2D eigenvalue weighted by Gasteiger charge is -2.12. The second-order valence-corrected chi connectivity index (χ2v) is 7.05. The van der Waals surface area contributed by atoms with Gasteiger partial charge in [-0.2, -0.15) is 0 Å². The van der Waals surface area contributed by atoms with E-state index in [9.17, 15) is 9.59 Å². The summed E-state index contributed by atoms with van der Waals surface area (Å²) in [7, 11) is 1.56. The molecule has 3 rings (SSSR count). The number of hydrogen-bond acceptors (Lipinski definition) is 7. The van der Waals surface area contributed by atoms with Crippen molar-refractivity contribution in [3.8, 4) is 23.0 Å². The predicted molar refractivity (Wildman–Crippen MR) is 110 cm³/mol.